The number of hydrogen-bond donors (Lipinski definition) is 2. The lowest BCUT2D eigenvalue weighted by Gasteiger charge is -2.14. The monoisotopic (exact) mass is 235 g/mol. The number of H-pyrrole nitrogens is 1. The van der Waals surface area contributed by atoms with Crippen molar-refractivity contribution >= 4 is 0 Å². The van der Waals surface area contributed by atoms with Gasteiger partial charge in [-0.1, -0.05) is 0 Å². The van der Waals surface area contributed by atoms with Crippen molar-refractivity contribution in [3.63, 3.8) is 0 Å². The van der Waals surface area contributed by atoms with Crippen LogP contribution in [-0.2, 0) is 6.54 Å². The Morgan fingerprint density at radius 1 is 1.41 bits per heavy atom. The molecule has 1 fully saturated rings. The molecule has 0 bridgehead atoms. The summed E-state index contributed by atoms with van der Waals surface area (Å²) in [7, 11) is 0. The molecule has 1 aliphatic rings. The van der Waals surface area contributed by atoms with Crippen LogP contribution in [0.25, 0.3) is 0 Å². The first-order valence-electron chi connectivity index (χ1n) is 6.37. The van der Waals surface area contributed by atoms with Crippen LogP contribution in [0.5, 0.6) is 0 Å². The number of rotatable bonds is 5. The lowest BCUT2D eigenvalue weighted by Crippen LogP contribution is -2.30. The summed E-state index contributed by atoms with van der Waals surface area (Å²) < 4.78 is 0. The average molecular weight is 235 g/mol. The molecular formula is C13H21N3O. The van der Waals surface area contributed by atoms with E-state index in [9.17, 15) is 4.79 Å². The van der Waals surface area contributed by atoms with Gasteiger partial charge in [0.1, 0.15) is 0 Å². The zero-order valence-corrected chi connectivity index (χ0v) is 10.5. The van der Waals surface area contributed by atoms with Gasteiger partial charge in [-0.15, -0.1) is 0 Å². The maximum absolute atomic E-state index is 11.6. The minimum atomic E-state index is 0.120. The molecule has 0 saturated carbocycles. The molecule has 94 valence electrons. The summed E-state index contributed by atoms with van der Waals surface area (Å²) in [6.45, 7) is 7.05. The zero-order chi connectivity index (χ0) is 12.1. The first-order chi connectivity index (χ1) is 8.25. The Bertz CT molecular complexity index is 407. The molecule has 1 saturated heterocycles. The van der Waals surface area contributed by atoms with Crippen LogP contribution in [0.1, 0.15) is 24.1 Å². The Balaban J connectivity index is 1.72. The van der Waals surface area contributed by atoms with Gasteiger partial charge in [-0.25, -0.2) is 0 Å². The highest BCUT2D eigenvalue weighted by Gasteiger charge is 2.10. The van der Waals surface area contributed by atoms with E-state index < -0.39 is 0 Å². The lowest BCUT2D eigenvalue weighted by molar-refractivity contribution is 0.335. The Labute approximate surface area is 102 Å². The number of likely N-dealkylation sites (tertiary alicyclic amines) is 1. The molecule has 0 amide bonds. The number of aryl methyl sites for hydroxylation is 1. The molecule has 17 heavy (non-hydrogen) atoms. The van der Waals surface area contributed by atoms with Gasteiger partial charge in [-0.3, -0.25) is 4.79 Å². The largest absolute Gasteiger partial charge is 0.365 e. The summed E-state index contributed by atoms with van der Waals surface area (Å²) in [5.41, 5.74) is 1.85. The smallest absolute Gasteiger partial charge is 0.186 e. The number of nitrogens with zero attached hydrogens (tertiary/aromatic N) is 1. The van der Waals surface area contributed by atoms with Gasteiger partial charge in [0, 0.05) is 43.2 Å². The SMILES string of the molecule is Cc1cc(=O)c(CNCCN2CCCC2)c[nH]1. The van der Waals surface area contributed by atoms with E-state index in [0.717, 1.165) is 24.3 Å². The predicted octanol–water partition coefficient (Wildman–Crippen LogP) is 0.869. The van der Waals surface area contributed by atoms with Crippen molar-refractivity contribution in [3.8, 4) is 0 Å². The molecule has 0 aliphatic carbocycles. The van der Waals surface area contributed by atoms with Gasteiger partial charge in [0.25, 0.3) is 0 Å². The number of aromatic amines is 1. The molecule has 0 aromatic carbocycles. The summed E-state index contributed by atoms with van der Waals surface area (Å²) >= 11 is 0. The average Bonchev–Trinajstić information content (AvgIpc) is 2.79. The number of hydrogen-bond acceptors (Lipinski definition) is 3. The highest BCUT2D eigenvalue weighted by atomic mass is 16.1. The summed E-state index contributed by atoms with van der Waals surface area (Å²) in [4.78, 5) is 17.2. The van der Waals surface area contributed by atoms with Gasteiger partial charge in [0.05, 0.1) is 0 Å². The summed E-state index contributed by atoms with van der Waals surface area (Å²) in [5.74, 6) is 0. The van der Waals surface area contributed by atoms with Crippen molar-refractivity contribution in [3.05, 3.63) is 33.7 Å². The second-order valence-electron chi connectivity index (χ2n) is 4.73. The van der Waals surface area contributed by atoms with Crippen LogP contribution < -0.4 is 10.7 Å². The van der Waals surface area contributed by atoms with E-state index in [1.165, 1.54) is 25.9 Å². The van der Waals surface area contributed by atoms with Crippen molar-refractivity contribution in [1.82, 2.24) is 15.2 Å². The molecule has 0 unspecified atom stereocenters. The van der Waals surface area contributed by atoms with Gasteiger partial charge in [-0.05, 0) is 32.9 Å². The third-order valence-electron chi connectivity index (χ3n) is 3.26. The Kier molecular flexibility index (Phi) is 4.34. The van der Waals surface area contributed by atoms with Gasteiger partial charge in [0.15, 0.2) is 5.43 Å². The molecular weight excluding hydrogens is 214 g/mol. The first kappa shape index (κ1) is 12.3. The second-order valence-corrected chi connectivity index (χ2v) is 4.73. The molecule has 1 aromatic rings. The Morgan fingerprint density at radius 2 is 2.18 bits per heavy atom. The molecule has 2 N–H and O–H groups in total. The van der Waals surface area contributed by atoms with Crippen LogP contribution in [0.3, 0.4) is 0 Å². The Morgan fingerprint density at radius 3 is 2.88 bits per heavy atom. The van der Waals surface area contributed by atoms with Crippen molar-refractivity contribution in [2.75, 3.05) is 26.2 Å². The van der Waals surface area contributed by atoms with Crippen LogP contribution in [-0.4, -0.2) is 36.1 Å². The van der Waals surface area contributed by atoms with Crippen LogP contribution in [0.4, 0.5) is 0 Å². The van der Waals surface area contributed by atoms with Gasteiger partial charge < -0.3 is 15.2 Å². The fraction of sp³-hybridized carbons (Fsp3) is 0.615. The van der Waals surface area contributed by atoms with Crippen molar-refractivity contribution in [2.45, 2.75) is 26.3 Å². The molecule has 1 aliphatic heterocycles. The van der Waals surface area contributed by atoms with Crippen molar-refractivity contribution in [2.24, 2.45) is 0 Å². The topological polar surface area (TPSA) is 48.1 Å². The van der Waals surface area contributed by atoms with E-state index in [2.05, 4.69) is 15.2 Å². The van der Waals surface area contributed by atoms with E-state index in [1.54, 1.807) is 12.3 Å². The maximum atomic E-state index is 11.6. The minimum Gasteiger partial charge on any atom is -0.365 e. The molecule has 0 radical (unpaired) electrons. The molecule has 0 spiro atoms. The number of nitrogens with one attached hydrogen (secondary N) is 2. The fourth-order valence-electron chi connectivity index (χ4n) is 2.21. The van der Waals surface area contributed by atoms with Crippen LogP contribution in [0, 0.1) is 6.92 Å². The maximum Gasteiger partial charge on any atom is 0.186 e. The second kappa shape index (κ2) is 5.98. The normalized spacial score (nSPS) is 16.5. The van der Waals surface area contributed by atoms with Crippen molar-refractivity contribution in [1.29, 1.82) is 0 Å². The van der Waals surface area contributed by atoms with E-state index in [1.807, 2.05) is 6.92 Å². The van der Waals surface area contributed by atoms with E-state index in [-0.39, 0.29) is 5.43 Å². The van der Waals surface area contributed by atoms with Gasteiger partial charge >= 0.3 is 0 Å². The highest BCUT2D eigenvalue weighted by Crippen LogP contribution is 2.05. The van der Waals surface area contributed by atoms with E-state index >= 15 is 0 Å². The molecule has 1 aromatic heterocycles. The van der Waals surface area contributed by atoms with E-state index in [4.69, 9.17) is 0 Å². The Hall–Kier alpha value is -1.13. The summed E-state index contributed by atoms with van der Waals surface area (Å²) in [6.07, 6.45) is 4.47. The molecule has 2 rings (SSSR count). The fourth-order valence-corrected chi connectivity index (χ4v) is 2.21. The first-order valence-corrected chi connectivity index (χ1v) is 6.37. The number of pyridine rings is 1. The standard InChI is InChI=1S/C13H21N3O/c1-11-8-13(17)12(10-15-11)9-14-4-7-16-5-2-3-6-16/h8,10,14H,2-7,9H2,1H3,(H,15,17). The minimum absolute atomic E-state index is 0.120. The zero-order valence-electron chi connectivity index (χ0n) is 10.5. The summed E-state index contributed by atoms with van der Waals surface area (Å²) in [6, 6.07) is 1.65. The highest BCUT2D eigenvalue weighted by molar-refractivity contribution is 5.13. The van der Waals surface area contributed by atoms with E-state index in [0.29, 0.717) is 6.54 Å². The van der Waals surface area contributed by atoms with Crippen LogP contribution in [0.15, 0.2) is 17.1 Å². The molecule has 2 heterocycles. The van der Waals surface area contributed by atoms with Gasteiger partial charge in [-0.2, -0.15) is 0 Å². The third-order valence-corrected chi connectivity index (χ3v) is 3.26. The quantitative estimate of drug-likeness (QED) is 0.745. The van der Waals surface area contributed by atoms with Crippen LogP contribution >= 0.6 is 0 Å². The predicted molar refractivity (Wildman–Crippen MR) is 69.2 cm³/mol. The van der Waals surface area contributed by atoms with Gasteiger partial charge in [0.2, 0.25) is 0 Å². The third kappa shape index (κ3) is 3.68. The van der Waals surface area contributed by atoms with Crippen LogP contribution in [0.2, 0.25) is 0 Å². The summed E-state index contributed by atoms with van der Waals surface area (Å²) in [5, 5.41) is 3.33. The van der Waals surface area contributed by atoms with Crippen molar-refractivity contribution < 1.29 is 0 Å². The number of aromatic nitrogens is 1. The molecule has 4 nitrogen and oxygen atoms in total. The lowest BCUT2D eigenvalue weighted by atomic mass is 10.2. The molecule has 0 atom stereocenters. The molecule has 4 heteroatoms.